The molecule has 0 saturated heterocycles. The summed E-state index contributed by atoms with van der Waals surface area (Å²) in [6.07, 6.45) is 1.91. The summed E-state index contributed by atoms with van der Waals surface area (Å²) in [6, 6.07) is 14.8. The van der Waals surface area contributed by atoms with Gasteiger partial charge in [0.05, 0.1) is 12.1 Å². The van der Waals surface area contributed by atoms with Crippen molar-refractivity contribution in [2.24, 2.45) is 5.73 Å². The lowest BCUT2D eigenvalue weighted by Crippen LogP contribution is -2.39. The van der Waals surface area contributed by atoms with Crippen molar-refractivity contribution in [2.45, 2.75) is 51.2 Å². The van der Waals surface area contributed by atoms with Crippen molar-refractivity contribution in [3.63, 3.8) is 0 Å². The lowest BCUT2D eigenvalue weighted by atomic mass is 9.95. The molecule has 12 heteroatoms. The van der Waals surface area contributed by atoms with Crippen LogP contribution in [-0.2, 0) is 27.2 Å². The van der Waals surface area contributed by atoms with Crippen LogP contribution in [0.1, 0.15) is 49.4 Å². The number of rotatable bonds is 13. The Labute approximate surface area is 230 Å². The maximum absolute atomic E-state index is 13.1. The fraction of sp³-hybridized carbons (Fsp3) is 0.333. The van der Waals surface area contributed by atoms with Crippen LogP contribution in [0.25, 0.3) is 22.5 Å². The van der Waals surface area contributed by atoms with Crippen LogP contribution in [0.15, 0.2) is 48.5 Å². The molecule has 2 heterocycles. The number of carbonyl (C=O) groups is 2. The summed E-state index contributed by atoms with van der Waals surface area (Å²) in [6.45, 7) is 2.09. The number of aromatic amines is 2. The number of nitrogens with one attached hydrogen (secondary N) is 3. The molecule has 0 saturated carbocycles. The number of carbonyl (C=O) groups excluding carboxylic acids is 2. The maximum Gasteiger partial charge on any atom is 0.324 e. The number of imidazole rings is 1. The first kappa shape index (κ1) is 27.9. The largest absolute Gasteiger partial charge is 0.454 e. The lowest BCUT2D eigenvalue weighted by Gasteiger charge is -2.21. The fourth-order valence-corrected chi connectivity index (χ4v) is 4.55. The number of nitrogens with two attached hydrogens (primary N) is 1. The molecule has 0 spiro atoms. The number of aromatic nitrogens is 6. The van der Waals surface area contributed by atoms with Crippen molar-refractivity contribution in [3.8, 4) is 22.5 Å². The van der Waals surface area contributed by atoms with Gasteiger partial charge in [0.1, 0.15) is 18.0 Å². The van der Waals surface area contributed by atoms with E-state index in [0.717, 1.165) is 35.1 Å². The molecule has 5 N–H and O–H groups in total. The van der Waals surface area contributed by atoms with E-state index in [2.05, 4.69) is 42.8 Å². The number of halogens is 1. The van der Waals surface area contributed by atoms with E-state index < -0.39 is 24.0 Å². The highest BCUT2D eigenvalue weighted by molar-refractivity contribution is 6.30. The molecule has 0 radical (unpaired) electrons. The van der Waals surface area contributed by atoms with Crippen molar-refractivity contribution < 1.29 is 14.3 Å². The van der Waals surface area contributed by atoms with E-state index in [-0.39, 0.29) is 18.0 Å². The molecule has 4 rings (SSSR count). The predicted molar refractivity (Wildman–Crippen MR) is 146 cm³/mol. The zero-order chi connectivity index (χ0) is 27.8. The quantitative estimate of drug-likeness (QED) is 0.183. The number of nitrogens with zero attached hydrogens (tertiary/aromatic N) is 4. The minimum Gasteiger partial charge on any atom is -0.454 e. The third-order valence-electron chi connectivity index (χ3n) is 6.30. The van der Waals surface area contributed by atoms with Gasteiger partial charge >= 0.3 is 5.97 Å². The van der Waals surface area contributed by atoms with Gasteiger partial charge in [-0.1, -0.05) is 67.4 Å². The first-order chi connectivity index (χ1) is 18.9. The highest BCUT2D eigenvalue weighted by Gasteiger charge is 2.28. The van der Waals surface area contributed by atoms with Gasteiger partial charge in [-0.05, 0) is 41.4 Å². The number of hydrogen-bond acceptors (Lipinski definition) is 8. The van der Waals surface area contributed by atoms with Crippen LogP contribution in [0.5, 0.6) is 0 Å². The molecule has 0 bridgehead atoms. The molecule has 0 unspecified atom stereocenters. The number of H-pyrrole nitrogens is 2. The number of primary amides is 1. The van der Waals surface area contributed by atoms with Crippen molar-refractivity contribution in [3.05, 3.63) is 70.8 Å². The second kappa shape index (κ2) is 13.1. The summed E-state index contributed by atoms with van der Waals surface area (Å²) in [5.41, 5.74) is 9.33. The van der Waals surface area contributed by atoms with Crippen LogP contribution >= 0.6 is 11.6 Å². The zero-order valence-corrected chi connectivity index (χ0v) is 22.5. The Morgan fingerprint density at radius 1 is 1.15 bits per heavy atom. The number of benzene rings is 2. The summed E-state index contributed by atoms with van der Waals surface area (Å²) >= 11 is 6.53. The molecule has 204 valence electrons. The lowest BCUT2D eigenvalue weighted by molar-refractivity contribution is -0.153. The van der Waals surface area contributed by atoms with Gasteiger partial charge in [0, 0.05) is 18.4 Å². The average Bonchev–Trinajstić information content (AvgIpc) is 3.60. The van der Waals surface area contributed by atoms with Gasteiger partial charge in [-0.15, -0.1) is 10.2 Å². The summed E-state index contributed by atoms with van der Waals surface area (Å²) in [7, 11) is 1.56. The van der Waals surface area contributed by atoms with Gasteiger partial charge in [0.15, 0.2) is 5.15 Å². The van der Waals surface area contributed by atoms with Crippen molar-refractivity contribution in [1.82, 2.24) is 35.9 Å². The molecule has 0 aliphatic heterocycles. The van der Waals surface area contributed by atoms with E-state index >= 15 is 0 Å². The van der Waals surface area contributed by atoms with Gasteiger partial charge in [0.2, 0.25) is 11.7 Å². The van der Waals surface area contributed by atoms with Gasteiger partial charge < -0.3 is 20.8 Å². The van der Waals surface area contributed by atoms with Gasteiger partial charge in [0.25, 0.3) is 0 Å². The molecule has 0 aliphatic carbocycles. The zero-order valence-electron chi connectivity index (χ0n) is 21.8. The van der Waals surface area contributed by atoms with Gasteiger partial charge in [-0.3, -0.25) is 9.59 Å². The molecule has 4 aromatic rings. The number of hydrogen-bond donors (Lipinski definition) is 4. The van der Waals surface area contributed by atoms with Gasteiger partial charge in [-0.2, -0.15) is 5.21 Å². The van der Waals surface area contributed by atoms with Crippen molar-refractivity contribution in [1.29, 1.82) is 0 Å². The molecule has 0 fully saturated rings. The number of unbranched alkanes of at least 4 members (excludes halogenated alkanes) is 1. The molecule has 0 aliphatic rings. The smallest absolute Gasteiger partial charge is 0.324 e. The summed E-state index contributed by atoms with van der Waals surface area (Å²) in [5.74, 6) is -0.0959. The summed E-state index contributed by atoms with van der Waals surface area (Å²) in [5, 5.41) is 17.6. The van der Waals surface area contributed by atoms with E-state index in [4.69, 9.17) is 22.1 Å². The van der Waals surface area contributed by atoms with E-state index in [1.54, 1.807) is 7.05 Å². The van der Waals surface area contributed by atoms with Crippen LogP contribution in [0, 0.1) is 0 Å². The summed E-state index contributed by atoms with van der Waals surface area (Å²) < 4.78 is 5.92. The van der Waals surface area contributed by atoms with E-state index in [1.807, 2.05) is 48.5 Å². The summed E-state index contributed by atoms with van der Waals surface area (Å²) in [4.78, 5) is 32.2. The normalized spacial score (nSPS) is 12.7. The number of aryl methyl sites for hydroxylation is 1. The standard InChI is InChI=1S/C27H31ClN8O3/c1-3-4-10-23-31-24(25(28)32-23)21(39-27(38)20(30-2)15-22(29)37)14-16-11-12-18(17-8-6-5-7-9-17)19(13-16)26-33-35-36-34-26/h5-9,11-13,20-21,30H,3-4,10,14-15H2,1-2H3,(H2,29,37)(H,31,32)(H,33,34,35,36)/t20-,21-/m1/s1. The Balaban J connectivity index is 1.70. The minimum absolute atomic E-state index is 0.200. The monoisotopic (exact) mass is 550 g/mol. The second-order valence-electron chi connectivity index (χ2n) is 9.11. The number of ether oxygens (including phenoxy) is 1. The first-order valence-electron chi connectivity index (χ1n) is 12.7. The minimum atomic E-state index is -0.901. The maximum atomic E-state index is 13.1. The molecule has 2 aromatic carbocycles. The highest BCUT2D eigenvalue weighted by atomic mass is 35.5. The number of esters is 1. The topological polar surface area (TPSA) is 165 Å². The molecule has 2 aromatic heterocycles. The van der Waals surface area contributed by atoms with E-state index in [1.165, 1.54) is 0 Å². The van der Waals surface area contributed by atoms with Crippen LogP contribution in [0.2, 0.25) is 5.15 Å². The van der Waals surface area contributed by atoms with E-state index in [0.29, 0.717) is 23.8 Å². The van der Waals surface area contributed by atoms with Crippen LogP contribution in [-0.4, -0.2) is 55.6 Å². The number of amides is 1. The van der Waals surface area contributed by atoms with Crippen LogP contribution < -0.4 is 11.1 Å². The molecule has 2 atom stereocenters. The van der Waals surface area contributed by atoms with Crippen molar-refractivity contribution in [2.75, 3.05) is 7.05 Å². The Kier molecular flexibility index (Phi) is 9.40. The first-order valence-corrected chi connectivity index (χ1v) is 13.1. The fourth-order valence-electron chi connectivity index (χ4n) is 4.28. The van der Waals surface area contributed by atoms with Crippen LogP contribution in [0.4, 0.5) is 0 Å². The SMILES string of the molecule is CCCCc1nc(Cl)c([C@@H](Cc2ccc(-c3ccccc3)c(-c3nn[nH]n3)c2)OC(=O)[C@@H](CC(N)=O)NC)[nH]1. The number of likely N-dealkylation sites (N-methyl/N-ethyl adjacent to an activating group) is 1. The third-order valence-corrected chi connectivity index (χ3v) is 6.58. The molecular weight excluding hydrogens is 520 g/mol. The third kappa shape index (κ3) is 7.06. The average molecular weight is 551 g/mol. The number of tetrazole rings is 1. The van der Waals surface area contributed by atoms with Gasteiger partial charge in [-0.25, -0.2) is 4.98 Å². The molecule has 1 amide bonds. The molecule has 11 nitrogen and oxygen atoms in total. The molecular formula is C27H31ClN8O3. The Bertz CT molecular complexity index is 1390. The predicted octanol–water partition coefficient (Wildman–Crippen LogP) is 3.54. The highest BCUT2D eigenvalue weighted by Crippen LogP contribution is 2.34. The van der Waals surface area contributed by atoms with Crippen molar-refractivity contribution >= 4 is 23.5 Å². The Morgan fingerprint density at radius 2 is 1.95 bits per heavy atom. The second-order valence-corrected chi connectivity index (χ2v) is 9.47. The Morgan fingerprint density at radius 3 is 2.62 bits per heavy atom. The van der Waals surface area contributed by atoms with E-state index in [9.17, 15) is 9.59 Å². The van der Waals surface area contributed by atoms with Crippen LogP contribution in [0.3, 0.4) is 0 Å². The molecule has 39 heavy (non-hydrogen) atoms. The Hall–Kier alpha value is -4.09.